The number of carboxylic acid groups (broad SMARTS) is 1. The summed E-state index contributed by atoms with van der Waals surface area (Å²) >= 11 is 0. The number of ether oxygens (including phenoxy) is 2. The topological polar surface area (TPSA) is 96.6 Å². The lowest BCUT2D eigenvalue weighted by Crippen LogP contribution is -2.28. The number of benzene rings is 2. The molecule has 34 heavy (non-hydrogen) atoms. The summed E-state index contributed by atoms with van der Waals surface area (Å²) in [6.07, 6.45) is 6.24. The molecule has 2 aliphatic rings. The highest BCUT2D eigenvalue weighted by atomic mass is 16.5. The third-order valence-electron chi connectivity index (χ3n) is 7.47. The van der Waals surface area contributed by atoms with Gasteiger partial charge in [0, 0.05) is 12.0 Å². The van der Waals surface area contributed by atoms with Crippen LogP contribution in [0.4, 0.5) is 0 Å². The molecule has 0 aliphatic heterocycles. The number of carbonyl (C=O) groups is 2. The molecule has 0 aromatic heterocycles. The number of aliphatic carboxylic acids is 1. The van der Waals surface area contributed by atoms with Gasteiger partial charge in [-0.1, -0.05) is 56.7 Å². The van der Waals surface area contributed by atoms with Crippen LogP contribution in [0.1, 0.15) is 44.6 Å². The fraction of sp³-hybridized carbons (Fsp3) is 0.393. The zero-order chi connectivity index (χ0) is 24.3. The Hall–Kier alpha value is -3.59. The van der Waals surface area contributed by atoms with Crippen molar-refractivity contribution in [3.05, 3.63) is 72.3 Å². The number of allylic oxidation sites excluding steroid dienone is 1. The standard InChI is InChI=1S/C28H29NO5/c1-27(2)24(14-15-25(30)33-18-19-8-6-9-19)28(27,26(31)32)23(17-29)20-10-7-13-22(16-20)34-21-11-4-3-5-12-21/h3-5,7,10-16,19,23-24H,6,8-9,18H2,1-2H3,(H,31,32)/b15-14-/t23-,24-,28+/m0/s1. The van der Waals surface area contributed by atoms with Crippen LogP contribution >= 0.6 is 0 Å². The van der Waals surface area contributed by atoms with Crippen molar-refractivity contribution in [3.63, 3.8) is 0 Å². The molecule has 0 amide bonds. The molecule has 2 aromatic rings. The molecule has 6 nitrogen and oxygen atoms in total. The fourth-order valence-electron chi connectivity index (χ4n) is 5.22. The van der Waals surface area contributed by atoms with E-state index in [0.717, 1.165) is 12.8 Å². The van der Waals surface area contributed by atoms with Crippen LogP contribution in [-0.2, 0) is 14.3 Å². The van der Waals surface area contributed by atoms with Crippen molar-refractivity contribution < 1.29 is 24.2 Å². The third kappa shape index (κ3) is 4.19. The van der Waals surface area contributed by atoms with E-state index in [1.807, 2.05) is 44.2 Å². The SMILES string of the molecule is CC1(C)[C@H](/C=C\C(=O)OCC2CCC2)[C@@]1(C(=O)O)[C@@H](C#N)c1cccc(Oc2ccccc2)c1. The first-order chi connectivity index (χ1) is 16.3. The predicted octanol–water partition coefficient (Wildman–Crippen LogP) is 5.71. The van der Waals surface area contributed by atoms with E-state index in [4.69, 9.17) is 9.47 Å². The van der Waals surface area contributed by atoms with Crippen LogP contribution in [0, 0.1) is 34.0 Å². The Morgan fingerprint density at radius 3 is 2.47 bits per heavy atom. The van der Waals surface area contributed by atoms with E-state index >= 15 is 0 Å². The van der Waals surface area contributed by atoms with Crippen molar-refractivity contribution >= 4 is 11.9 Å². The molecule has 0 radical (unpaired) electrons. The Kier molecular flexibility index (Phi) is 6.47. The van der Waals surface area contributed by atoms with Crippen molar-refractivity contribution in [2.24, 2.45) is 22.7 Å². The second-order valence-corrected chi connectivity index (χ2v) is 9.71. The molecule has 0 unspecified atom stereocenters. The first kappa shape index (κ1) is 23.6. The van der Waals surface area contributed by atoms with Gasteiger partial charge in [0.1, 0.15) is 16.9 Å². The zero-order valence-electron chi connectivity index (χ0n) is 19.4. The van der Waals surface area contributed by atoms with Gasteiger partial charge in [0.25, 0.3) is 0 Å². The molecule has 3 atom stereocenters. The van der Waals surface area contributed by atoms with Crippen LogP contribution in [-0.4, -0.2) is 23.7 Å². The van der Waals surface area contributed by atoms with Crippen molar-refractivity contribution in [2.45, 2.75) is 39.0 Å². The Morgan fingerprint density at radius 1 is 1.15 bits per heavy atom. The van der Waals surface area contributed by atoms with Gasteiger partial charge in [-0.15, -0.1) is 0 Å². The largest absolute Gasteiger partial charge is 0.481 e. The minimum Gasteiger partial charge on any atom is -0.481 e. The van der Waals surface area contributed by atoms with Gasteiger partial charge in [-0.2, -0.15) is 5.26 Å². The van der Waals surface area contributed by atoms with Crippen LogP contribution in [0.25, 0.3) is 0 Å². The summed E-state index contributed by atoms with van der Waals surface area (Å²) in [5, 5.41) is 20.4. The maximum atomic E-state index is 12.6. The summed E-state index contributed by atoms with van der Waals surface area (Å²) < 4.78 is 11.2. The highest BCUT2D eigenvalue weighted by Gasteiger charge is 2.78. The lowest BCUT2D eigenvalue weighted by Gasteiger charge is -2.24. The number of rotatable bonds is 9. The summed E-state index contributed by atoms with van der Waals surface area (Å²) in [6.45, 7) is 4.05. The van der Waals surface area contributed by atoms with E-state index in [2.05, 4.69) is 6.07 Å². The first-order valence-electron chi connectivity index (χ1n) is 11.6. The number of hydrogen-bond donors (Lipinski definition) is 1. The molecule has 2 aliphatic carbocycles. The molecule has 0 heterocycles. The second kappa shape index (κ2) is 9.34. The molecule has 0 saturated heterocycles. The van der Waals surface area contributed by atoms with Gasteiger partial charge in [0.05, 0.1) is 18.6 Å². The van der Waals surface area contributed by atoms with Crippen LogP contribution in [0.3, 0.4) is 0 Å². The van der Waals surface area contributed by atoms with Crippen LogP contribution < -0.4 is 4.74 Å². The molecule has 2 fully saturated rings. The maximum absolute atomic E-state index is 12.6. The number of nitriles is 1. The van der Waals surface area contributed by atoms with Crippen LogP contribution in [0.5, 0.6) is 11.5 Å². The van der Waals surface area contributed by atoms with Gasteiger partial charge in [-0.25, -0.2) is 4.79 Å². The van der Waals surface area contributed by atoms with E-state index in [1.165, 1.54) is 12.5 Å². The highest BCUT2D eigenvalue weighted by Crippen LogP contribution is 2.75. The number of carboxylic acids is 1. The van der Waals surface area contributed by atoms with E-state index < -0.39 is 34.6 Å². The molecule has 0 spiro atoms. The average Bonchev–Trinajstić information content (AvgIpc) is 3.28. The van der Waals surface area contributed by atoms with Gasteiger partial charge in [0.15, 0.2) is 0 Å². The van der Waals surface area contributed by atoms with Gasteiger partial charge in [-0.3, -0.25) is 4.79 Å². The van der Waals surface area contributed by atoms with E-state index in [-0.39, 0.29) is 0 Å². The number of para-hydroxylation sites is 1. The predicted molar refractivity (Wildman–Crippen MR) is 126 cm³/mol. The summed E-state index contributed by atoms with van der Waals surface area (Å²) in [5.74, 6) is -1.36. The molecule has 2 saturated carbocycles. The summed E-state index contributed by atoms with van der Waals surface area (Å²) in [7, 11) is 0. The molecular formula is C28H29NO5. The van der Waals surface area contributed by atoms with E-state index in [9.17, 15) is 20.0 Å². The number of hydrogen-bond acceptors (Lipinski definition) is 5. The first-order valence-corrected chi connectivity index (χ1v) is 11.6. The molecule has 4 rings (SSSR count). The Bertz CT molecular complexity index is 1130. The van der Waals surface area contributed by atoms with E-state index in [0.29, 0.717) is 29.6 Å². The lowest BCUT2D eigenvalue weighted by atomic mass is 9.78. The minimum absolute atomic E-state index is 0.399. The summed E-state index contributed by atoms with van der Waals surface area (Å²) in [4.78, 5) is 24.8. The van der Waals surface area contributed by atoms with Crippen molar-refractivity contribution in [3.8, 4) is 17.6 Å². The van der Waals surface area contributed by atoms with Crippen LogP contribution in [0.2, 0.25) is 0 Å². The zero-order valence-corrected chi connectivity index (χ0v) is 19.4. The lowest BCUT2D eigenvalue weighted by molar-refractivity contribution is -0.145. The third-order valence-corrected chi connectivity index (χ3v) is 7.47. The molecule has 176 valence electrons. The highest BCUT2D eigenvalue weighted by molar-refractivity contribution is 5.86. The fourth-order valence-corrected chi connectivity index (χ4v) is 5.22. The molecule has 6 heteroatoms. The van der Waals surface area contributed by atoms with Crippen molar-refractivity contribution in [1.29, 1.82) is 5.26 Å². The quantitative estimate of drug-likeness (QED) is 0.381. The maximum Gasteiger partial charge on any atom is 0.330 e. The number of nitrogens with zero attached hydrogens (tertiary/aromatic N) is 1. The molecular weight excluding hydrogens is 430 g/mol. The van der Waals surface area contributed by atoms with E-state index in [1.54, 1.807) is 30.3 Å². The minimum atomic E-state index is -1.38. The van der Waals surface area contributed by atoms with Gasteiger partial charge >= 0.3 is 11.9 Å². The second-order valence-electron chi connectivity index (χ2n) is 9.71. The van der Waals surface area contributed by atoms with Gasteiger partial charge in [-0.05, 0) is 54.0 Å². The van der Waals surface area contributed by atoms with Crippen LogP contribution in [0.15, 0.2) is 66.7 Å². The normalized spacial score (nSPS) is 24.0. The number of carbonyl (C=O) groups excluding carboxylic acids is 1. The Balaban J connectivity index is 1.56. The number of esters is 1. The van der Waals surface area contributed by atoms with Gasteiger partial charge in [0.2, 0.25) is 0 Å². The summed E-state index contributed by atoms with van der Waals surface area (Å²) in [6, 6.07) is 18.5. The molecule has 0 bridgehead atoms. The smallest absolute Gasteiger partial charge is 0.330 e. The monoisotopic (exact) mass is 459 g/mol. The molecule has 1 N–H and O–H groups in total. The summed E-state index contributed by atoms with van der Waals surface area (Å²) in [5.41, 5.74) is -1.55. The van der Waals surface area contributed by atoms with Gasteiger partial charge < -0.3 is 14.6 Å². The average molecular weight is 460 g/mol. The van der Waals surface area contributed by atoms with Crippen molar-refractivity contribution in [1.82, 2.24) is 0 Å². The molecule has 2 aromatic carbocycles. The van der Waals surface area contributed by atoms with Crippen molar-refractivity contribution in [2.75, 3.05) is 6.61 Å². The Morgan fingerprint density at radius 2 is 1.85 bits per heavy atom. The Labute approximate surface area is 199 Å².